The number of carbonyl (C=O) groups excluding carboxylic acids is 1. The first-order valence-corrected chi connectivity index (χ1v) is 7.82. The van der Waals surface area contributed by atoms with Gasteiger partial charge in [0.15, 0.2) is 12.1 Å². The molecule has 2 rings (SSSR count). The molecule has 2 N–H and O–H groups in total. The second kappa shape index (κ2) is 8.34. The van der Waals surface area contributed by atoms with Crippen LogP contribution in [0.15, 0.2) is 30.3 Å². The maximum absolute atomic E-state index is 12.5. The van der Waals surface area contributed by atoms with Gasteiger partial charge in [0.25, 0.3) is 0 Å². The van der Waals surface area contributed by atoms with Crippen LogP contribution < -0.4 is 5.32 Å². The van der Waals surface area contributed by atoms with Gasteiger partial charge in [-0.3, -0.25) is 4.79 Å². The number of aromatic nitrogens is 4. The predicted octanol–water partition coefficient (Wildman–Crippen LogP) is 0.753. The molecule has 0 radical (unpaired) electrons. The van der Waals surface area contributed by atoms with Crippen LogP contribution in [0, 0.1) is 5.92 Å². The highest BCUT2D eigenvalue weighted by atomic mass is 16.5. The second-order valence-electron chi connectivity index (χ2n) is 5.80. The molecule has 2 atom stereocenters. The molecule has 9 nitrogen and oxygen atoms in total. The monoisotopic (exact) mass is 347 g/mol. The number of amides is 1. The molecule has 0 fully saturated rings. The fourth-order valence-electron chi connectivity index (χ4n) is 2.29. The number of carboxylic acids is 1. The normalized spacial score (nSPS) is 13.4. The highest BCUT2D eigenvalue weighted by molar-refractivity contribution is 5.81. The number of aliphatic carboxylic acids is 1. The van der Waals surface area contributed by atoms with E-state index < -0.39 is 24.0 Å². The van der Waals surface area contributed by atoms with Gasteiger partial charge in [-0.1, -0.05) is 44.2 Å². The molecule has 9 heteroatoms. The number of carboxylic acid groups (broad SMARTS) is 1. The molecule has 0 bridgehead atoms. The van der Waals surface area contributed by atoms with Crippen LogP contribution in [0.3, 0.4) is 0 Å². The third-order valence-corrected chi connectivity index (χ3v) is 3.63. The first-order valence-electron chi connectivity index (χ1n) is 7.82. The highest BCUT2D eigenvalue weighted by Crippen LogP contribution is 2.18. The summed E-state index contributed by atoms with van der Waals surface area (Å²) in [6.07, 6.45) is -1.11. The van der Waals surface area contributed by atoms with Crippen molar-refractivity contribution in [1.29, 1.82) is 0 Å². The summed E-state index contributed by atoms with van der Waals surface area (Å²) in [6, 6.07) is 8.59. The van der Waals surface area contributed by atoms with E-state index in [4.69, 9.17) is 9.84 Å². The molecule has 0 spiro atoms. The smallest absolute Gasteiger partial charge is 0.334 e. The number of tetrazole rings is 1. The van der Waals surface area contributed by atoms with Crippen molar-refractivity contribution in [1.82, 2.24) is 25.5 Å². The van der Waals surface area contributed by atoms with Crippen molar-refractivity contribution in [2.24, 2.45) is 5.92 Å². The van der Waals surface area contributed by atoms with Gasteiger partial charge in [-0.2, -0.15) is 4.80 Å². The number of rotatable bonds is 8. The van der Waals surface area contributed by atoms with Gasteiger partial charge in [-0.25, -0.2) is 4.79 Å². The van der Waals surface area contributed by atoms with E-state index in [2.05, 4.69) is 20.7 Å². The number of nitrogens with zero attached hydrogens (tertiary/aromatic N) is 4. The summed E-state index contributed by atoms with van der Waals surface area (Å²) >= 11 is 0. The van der Waals surface area contributed by atoms with Crippen molar-refractivity contribution >= 4 is 11.9 Å². The molecule has 1 aromatic carbocycles. The Balaban J connectivity index is 2.14. The van der Waals surface area contributed by atoms with Crippen LogP contribution in [0.1, 0.15) is 19.9 Å². The molecule has 0 saturated carbocycles. The molecule has 0 aliphatic rings. The van der Waals surface area contributed by atoms with E-state index in [1.54, 1.807) is 0 Å². The van der Waals surface area contributed by atoms with Crippen molar-refractivity contribution in [3.63, 3.8) is 0 Å². The van der Waals surface area contributed by atoms with Gasteiger partial charge in [0.2, 0.25) is 11.7 Å². The first-order chi connectivity index (χ1) is 11.9. The topological polar surface area (TPSA) is 119 Å². The Morgan fingerprint density at radius 2 is 1.96 bits per heavy atom. The molecule has 0 saturated heterocycles. The fraction of sp³-hybridized carbons (Fsp3) is 0.438. The largest absolute Gasteiger partial charge is 0.479 e. The lowest BCUT2D eigenvalue weighted by atomic mass is 10.0. The van der Waals surface area contributed by atoms with Gasteiger partial charge in [-0.15, -0.1) is 10.2 Å². The second-order valence-corrected chi connectivity index (χ2v) is 5.80. The summed E-state index contributed by atoms with van der Waals surface area (Å²) in [6.45, 7) is 3.55. The molecular formula is C16H21N5O4. The van der Waals surface area contributed by atoms with Crippen LogP contribution in [-0.4, -0.2) is 56.9 Å². The lowest BCUT2D eigenvalue weighted by molar-refractivity contribution is -0.148. The molecule has 0 aliphatic carbocycles. The number of hydrogen-bond donors (Lipinski definition) is 2. The van der Waals surface area contributed by atoms with E-state index in [-0.39, 0.29) is 12.5 Å². The van der Waals surface area contributed by atoms with E-state index in [1.165, 1.54) is 11.9 Å². The zero-order valence-corrected chi connectivity index (χ0v) is 14.3. The highest BCUT2D eigenvalue weighted by Gasteiger charge is 2.28. The van der Waals surface area contributed by atoms with Crippen LogP contribution in [0.2, 0.25) is 0 Å². The van der Waals surface area contributed by atoms with Crippen molar-refractivity contribution in [3.8, 4) is 11.4 Å². The number of nitrogens with one attached hydrogen (secondary N) is 1. The summed E-state index contributed by atoms with van der Waals surface area (Å²) in [5.74, 6) is -1.24. The molecule has 25 heavy (non-hydrogen) atoms. The van der Waals surface area contributed by atoms with Gasteiger partial charge in [0, 0.05) is 12.7 Å². The molecule has 1 amide bonds. The number of methoxy groups -OCH3 is 1. The van der Waals surface area contributed by atoms with E-state index in [1.807, 2.05) is 44.2 Å². The average Bonchev–Trinajstić information content (AvgIpc) is 3.05. The molecule has 2 unspecified atom stereocenters. The SMILES string of the molecule is COC(CNC(=O)C(C(C)C)n1nnc(-c2ccccc2)n1)C(=O)O. The Morgan fingerprint density at radius 3 is 2.52 bits per heavy atom. The Bertz CT molecular complexity index is 716. The van der Waals surface area contributed by atoms with Crippen molar-refractivity contribution < 1.29 is 19.4 Å². The van der Waals surface area contributed by atoms with Crippen LogP contribution in [-0.2, 0) is 14.3 Å². The number of benzene rings is 1. The predicted molar refractivity (Wildman–Crippen MR) is 88.6 cm³/mol. The molecule has 1 aromatic heterocycles. The van der Waals surface area contributed by atoms with E-state index in [0.29, 0.717) is 5.82 Å². The minimum absolute atomic E-state index is 0.122. The van der Waals surface area contributed by atoms with Gasteiger partial charge in [0.05, 0.1) is 6.54 Å². The number of ether oxygens (including phenoxy) is 1. The van der Waals surface area contributed by atoms with Crippen LogP contribution >= 0.6 is 0 Å². The lowest BCUT2D eigenvalue weighted by Gasteiger charge is -2.20. The van der Waals surface area contributed by atoms with E-state index >= 15 is 0 Å². The molecule has 2 aromatic rings. The molecular weight excluding hydrogens is 326 g/mol. The summed E-state index contributed by atoms with van der Waals surface area (Å²) in [4.78, 5) is 24.7. The lowest BCUT2D eigenvalue weighted by Crippen LogP contribution is -2.42. The van der Waals surface area contributed by atoms with Gasteiger partial charge < -0.3 is 15.2 Å². The van der Waals surface area contributed by atoms with Crippen molar-refractivity contribution in [2.45, 2.75) is 26.0 Å². The average molecular weight is 347 g/mol. The van der Waals surface area contributed by atoms with Crippen LogP contribution in [0.5, 0.6) is 0 Å². The maximum atomic E-state index is 12.5. The third-order valence-electron chi connectivity index (χ3n) is 3.63. The molecule has 1 heterocycles. The van der Waals surface area contributed by atoms with Gasteiger partial charge >= 0.3 is 5.97 Å². The van der Waals surface area contributed by atoms with Gasteiger partial charge in [0.1, 0.15) is 0 Å². The molecule has 134 valence electrons. The first kappa shape index (κ1) is 18.5. The minimum Gasteiger partial charge on any atom is -0.479 e. The Labute approximate surface area is 145 Å². The fourth-order valence-corrected chi connectivity index (χ4v) is 2.29. The van der Waals surface area contributed by atoms with Crippen LogP contribution in [0.4, 0.5) is 0 Å². The maximum Gasteiger partial charge on any atom is 0.334 e. The number of carbonyl (C=O) groups is 2. The summed E-state index contributed by atoms with van der Waals surface area (Å²) in [7, 11) is 1.27. The summed E-state index contributed by atoms with van der Waals surface area (Å²) in [5.41, 5.74) is 0.794. The minimum atomic E-state index is -1.14. The Hall–Kier alpha value is -2.81. The quantitative estimate of drug-likeness (QED) is 0.723. The zero-order valence-electron chi connectivity index (χ0n) is 14.3. The zero-order chi connectivity index (χ0) is 18.4. The van der Waals surface area contributed by atoms with Crippen LogP contribution in [0.25, 0.3) is 11.4 Å². The molecule has 0 aliphatic heterocycles. The Kier molecular flexibility index (Phi) is 6.18. The summed E-state index contributed by atoms with van der Waals surface area (Å²) < 4.78 is 4.81. The van der Waals surface area contributed by atoms with E-state index in [9.17, 15) is 9.59 Å². The standard InChI is InChI=1S/C16H21N5O4/c1-10(2)13(15(22)17-9-12(25-3)16(23)24)21-19-14(18-20-21)11-7-5-4-6-8-11/h4-8,10,12-13H,9H2,1-3H3,(H,17,22)(H,23,24). The van der Waals surface area contributed by atoms with E-state index in [0.717, 1.165) is 5.56 Å². The van der Waals surface area contributed by atoms with Gasteiger partial charge in [-0.05, 0) is 11.1 Å². The van der Waals surface area contributed by atoms with Crippen molar-refractivity contribution in [2.75, 3.05) is 13.7 Å². The summed E-state index contributed by atoms with van der Waals surface area (Å²) in [5, 5.41) is 23.8. The van der Waals surface area contributed by atoms with Crippen molar-refractivity contribution in [3.05, 3.63) is 30.3 Å². The number of hydrogen-bond acceptors (Lipinski definition) is 6. The Morgan fingerprint density at radius 1 is 1.28 bits per heavy atom. The third kappa shape index (κ3) is 4.60.